The Labute approximate surface area is 94.3 Å². The van der Waals surface area contributed by atoms with Crippen molar-refractivity contribution in [1.29, 1.82) is 0 Å². The molecule has 0 fully saturated rings. The van der Waals surface area contributed by atoms with Gasteiger partial charge in [-0.05, 0) is 0 Å². The second-order valence-electron chi connectivity index (χ2n) is 3.03. The van der Waals surface area contributed by atoms with Crippen molar-refractivity contribution in [3.8, 4) is 0 Å². The van der Waals surface area contributed by atoms with Crippen LogP contribution < -0.4 is 5.32 Å². The number of esters is 2. The van der Waals surface area contributed by atoms with Crippen molar-refractivity contribution in [3.63, 3.8) is 0 Å². The molecule has 0 bridgehead atoms. The van der Waals surface area contributed by atoms with Gasteiger partial charge in [-0.1, -0.05) is 13.8 Å². The largest absolute Gasteiger partial charge is 0.462 e. The fraction of sp³-hybridized carbons (Fsp3) is 0.700. The van der Waals surface area contributed by atoms with Gasteiger partial charge in [0.15, 0.2) is 6.10 Å². The normalized spacial score (nSPS) is 11.4. The van der Waals surface area contributed by atoms with E-state index in [2.05, 4.69) is 5.32 Å². The van der Waals surface area contributed by atoms with Crippen LogP contribution in [0, 0.1) is 0 Å². The van der Waals surface area contributed by atoms with Gasteiger partial charge in [0.25, 0.3) is 0 Å². The second-order valence-corrected chi connectivity index (χ2v) is 3.03. The van der Waals surface area contributed by atoms with Crippen molar-refractivity contribution in [1.82, 2.24) is 5.32 Å². The Hall–Kier alpha value is -1.59. The summed E-state index contributed by atoms with van der Waals surface area (Å²) in [5.41, 5.74) is 0. The highest BCUT2D eigenvalue weighted by Crippen LogP contribution is 1.97. The van der Waals surface area contributed by atoms with E-state index in [1.165, 1.54) is 0 Å². The third-order valence-electron chi connectivity index (χ3n) is 1.73. The van der Waals surface area contributed by atoms with Gasteiger partial charge in [0.1, 0.15) is 6.61 Å². The van der Waals surface area contributed by atoms with Crippen molar-refractivity contribution >= 4 is 18.3 Å². The van der Waals surface area contributed by atoms with Crippen LogP contribution in [0.5, 0.6) is 0 Å². The topological polar surface area (TPSA) is 81.7 Å². The molecule has 0 radical (unpaired) electrons. The van der Waals surface area contributed by atoms with Crippen LogP contribution in [0.2, 0.25) is 0 Å². The zero-order valence-corrected chi connectivity index (χ0v) is 9.52. The number of nitrogens with one attached hydrogen (secondary N) is 1. The summed E-state index contributed by atoms with van der Waals surface area (Å²) in [5.74, 6) is -0.770. The molecule has 1 atom stereocenters. The predicted molar refractivity (Wildman–Crippen MR) is 55.5 cm³/mol. The SMILES string of the molecule is CCC(=O)OCC(CNC=O)OC(=O)CC. The molecule has 0 aromatic heterocycles. The van der Waals surface area contributed by atoms with Gasteiger partial charge in [-0.25, -0.2) is 0 Å². The summed E-state index contributed by atoms with van der Waals surface area (Å²) in [5, 5.41) is 2.37. The Kier molecular flexibility index (Phi) is 7.83. The molecule has 92 valence electrons. The summed E-state index contributed by atoms with van der Waals surface area (Å²) in [4.78, 5) is 32.0. The molecule has 0 spiro atoms. The molecular formula is C10H17NO5. The van der Waals surface area contributed by atoms with Crippen LogP contribution in [0.1, 0.15) is 26.7 Å². The summed E-state index contributed by atoms with van der Waals surface area (Å²) in [6.45, 7) is 3.41. The summed E-state index contributed by atoms with van der Waals surface area (Å²) in [6, 6.07) is 0. The number of ether oxygens (including phenoxy) is 2. The molecule has 1 unspecified atom stereocenters. The van der Waals surface area contributed by atoms with E-state index < -0.39 is 12.1 Å². The number of hydrogen-bond donors (Lipinski definition) is 1. The van der Waals surface area contributed by atoms with Gasteiger partial charge in [0, 0.05) is 12.8 Å². The molecule has 0 aliphatic heterocycles. The van der Waals surface area contributed by atoms with Gasteiger partial charge in [-0.3, -0.25) is 14.4 Å². The first-order chi connectivity index (χ1) is 7.63. The molecule has 16 heavy (non-hydrogen) atoms. The molecule has 0 aliphatic rings. The van der Waals surface area contributed by atoms with Crippen LogP contribution >= 0.6 is 0 Å². The molecule has 0 heterocycles. The Morgan fingerprint density at radius 2 is 1.88 bits per heavy atom. The maximum atomic E-state index is 11.0. The van der Waals surface area contributed by atoms with E-state index in [4.69, 9.17) is 9.47 Å². The summed E-state index contributed by atoms with van der Waals surface area (Å²) < 4.78 is 9.78. The quantitative estimate of drug-likeness (QED) is 0.470. The standard InChI is InChI=1S/C10H17NO5/c1-3-9(13)15-6-8(5-11-7-12)16-10(14)4-2/h7-8H,3-6H2,1-2H3,(H,11,12). The number of carbonyl (C=O) groups excluding carboxylic acids is 3. The Morgan fingerprint density at radius 1 is 1.25 bits per heavy atom. The maximum Gasteiger partial charge on any atom is 0.305 e. The van der Waals surface area contributed by atoms with Crippen LogP contribution in [0.15, 0.2) is 0 Å². The first kappa shape index (κ1) is 14.4. The summed E-state index contributed by atoms with van der Waals surface area (Å²) >= 11 is 0. The molecule has 0 saturated carbocycles. The van der Waals surface area contributed by atoms with Gasteiger partial charge in [-0.2, -0.15) is 0 Å². The second kappa shape index (κ2) is 8.70. The lowest BCUT2D eigenvalue weighted by atomic mass is 10.3. The van der Waals surface area contributed by atoms with Gasteiger partial charge in [0.05, 0.1) is 6.54 Å². The number of amides is 1. The minimum absolute atomic E-state index is 0.0424. The highest BCUT2D eigenvalue weighted by molar-refractivity contribution is 5.70. The van der Waals surface area contributed by atoms with E-state index in [9.17, 15) is 14.4 Å². The Bertz CT molecular complexity index is 241. The van der Waals surface area contributed by atoms with Crippen LogP contribution in [-0.4, -0.2) is 37.6 Å². The zero-order chi connectivity index (χ0) is 12.4. The van der Waals surface area contributed by atoms with E-state index in [0.29, 0.717) is 6.41 Å². The van der Waals surface area contributed by atoms with E-state index >= 15 is 0 Å². The molecule has 0 rings (SSSR count). The van der Waals surface area contributed by atoms with Crippen LogP contribution in [0.25, 0.3) is 0 Å². The molecular weight excluding hydrogens is 214 g/mol. The average molecular weight is 231 g/mol. The number of hydrogen-bond acceptors (Lipinski definition) is 5. The third kappa shape index (κ3) is 6.80. The molecule has 1 N–H and O–H groups in total. The van der Waals surface area contributed by atoms with E-state index in [1.807, 2.05) is 0 Å². The molecule has 1 amide bonds. The van der Waals surface area contributed by atoms with E-state index in [0.717, 1.165) is 0 Å². The van der Waals surface area contributed by atoms with Gasteiger partial charge in [0.2, 0.25) is 6.41 Å². The average Bonchev–Trinajstić information content (AvgIpc) is 2.31. The summed E-state index contributed by atoms with van der Waals surface area (Å²) in [7, 11) is 0. The molecule has 0 aromatic rings. The van der Waals surface area contributed by atoms with Crippen LogP contribution in [0.4, 0.5) is 0 Å². The highest BCUT2D eigenvalue weighted by Gasteiger charge is 2.15. The Morgan fingerprint density at radius 3 is 2.38 bits per heavy atom. The fourth-order valence-corrected chi connectivity index (χ4v) is 0.871. The molecule has 0 aliphatic carbocycles. The van der Waals surface area contributed by atoms with Gasteiger partial charge >= 0.3 is 11.9 Å². The minimum atomic E-state index is -0.631. The van der Waals surface area contributed by atoms with E-state index in [1.54, 1.807) is 13.8 Å². The van der Waals surface area contributed by atoms with Crippen molar-refractivity contribution in [2.24, 2.45) is 0 Å². The molecule has 0 aromatic carbocycles. The maximum absolute atomic E-state index is 11.0. The van der Waals surface area contributed by atoms with Crippen LogP contribution in [0.3, 0.4) is 0 Å². The molecule has 6 nitrogen and oxygen atoms in total. The van der Waals surface area contributed by atoms with E-state index in [-0.39, 0.29) is 32.0 Å². The molecule has 6 heteroatoms. The van der Waals surface area contributed by atoms with Gasteiger partial charge < -0.3 is 14.8 Å². The van der Waals surface area contributed by atoms with Crippen molar-refractivity contribution in [2.75, 3.05) is 13.2 Å². The van der Waals surface area contributed by atoms with Crippen molar-refractivity contribution < 1.29 is 23.9 Å². The lowest BCUT2D eigenvalue weighted by Crippen LogP contribution is -2.34. The lowest BCUT2D eigenvalue weighted by molar-refractivity contribution is -0.158. The smallest absolute Gasteiger partial charge is 0.305 e. The lowest BCUT2D eigenvalue weighted by Gasteiger charge is -2.16. The number of rotatable bonds is 8. The first-order valence-electron chi connectivity index (χ1n) is 5.16. The Balaban J connectivity index is 4.03. The molecule has 0 saturated heterocycles. The summed E-state index contributed by atoms with van der Waals surface area (Å²) in [6.07, 6.45) is 0.358. The van der Waals surface area contributed by atoms with Gasteiger partial charge in [-0.15, -0.1) is 0 Å². The number of carbonyl (C=O) groups is 3. The van der Waals surface area contributed by atoms with Crippen molar-refractivity contribution in [2.45, 2.75) is 32.8 Å². The minimum Gasteiger partial charge on any atom is -0.462 e. The predicted octanol–water partition coefficient (Wildman–Crippen LogP) is 0.00740. The fourth-order valence-electron chi connectivity index (χ4n) is 0.871. The monoisotopic (exact) mass is 231 g/mol. The van der Waals surface area contributed by atoms with Crippen molar-refractivity contribution in [3.05, 3.63) is 0 Å². The highest BCUT2D eigenvalue weighted by atomic mass is 16.6. The first-order valence-corrected chi connectivity index (χ1v) is 5.16. The third-order valence-corrected chi connectivity index (χ3v) is 1.73. The zero-order valence-electron chi connectivity index (χ0n) is 9.52. The van der Waals surface area contributed by atoms with Crippen LogP contribution in [-0.2, 0) is 23.9 Å².